The molecule has 1 aromatic rings. The Labute approximate surface area is 185 Å². The zero-order chi connectivity index (χ0) is 23.2. The lowest BCUT2D eigenvalue weighted by Crippen LogP contribution is -2.49. The molecule has 0 bridgehead atoms. The van der Waals surface area contributed by atoms with E-state index >= 15 is 0 Å². The van der Waals surface area contributed by atoms with Gasteiger partial charge >= 0.3 is 6.09 Å². The lowest BCUT2D eigenvalue weighted by molar-refractivity contribution is -0.129. The Morgan fingerprint density at radius 2 is 1.84 bits per heavy atom. The minimum absolute atomic E-state index is 0.00756. The smallest absolute Gasteiger partial charge is 0.410 e. The Balaban J connectivity index is 2.06. The van der Waals surface area contributed by atoms with Gasteiger partial charge in [-0.2, -0.15) is 0 Å². The van der Waals surface area contributed by atoms with Gasteiger partial charge in [-0.1, -0.05) is 37.3 Å². The summed E-state index contributed by atoms with van der Waals surface area (Å²) in [5.41, 5.74) is 0.172. The molecule has 174 valence electrons. The highest BCUT2D eigenvalue weighted by molar-refractivity contribution is 5.81. The molecule has 1 N–H and O–H groups in total. The molecule has 1 amide bonds. The molecule has 1 aliphatic heterocycles. The van der Waals surface area contributed by atoms with Gasteiger partial charge in [-0.3, -0.25) is 9.69 Å². The van der Waals surface area contributed by atoms with Crippen LogP contribution in [-0.4, -0.2) is 66.5 Å². The fourth-order valence-electron chi connectivity index (χ4n) is 4.06. The first-order chi connectivity index (χ1) is 14.6. The first-order valence-corrected chi connectivity index (χ1v) is 10.9. The molecule has 1 aliphatic rings. The quantitative estimate of drug-likeness (QED) is 0.636. The number of nitrogens with zero attached hydrogens (tertiary/aromatic N) is 1. The van der Waals surface area contributed by atoms with E-state index in [-0.39, 0.29) is 24.3 Å². The van der Waals surface area contributed by atoms with Gasteiger partial charge in [0.05, 0.1) is 30.9 Å². The van der Waals surface area contributed by atoms with E-state index in [0.717, 1.165) is 5.56 Å². The van der Waals surface area contributed by atoms with Crippen LogP contribution < -0.4 is 0 Å². The number of hydrogen-bond acceptors (Lipinski definition) is 6. The molecule has 1 aromatic carbocycles. The van der Waals surface area contributed by atoms with Gasteiger partial charge in [0, 0.05) is 26.6 Å². The van der Waals surface area contributed by atoms with Crippen molar-refractivity contribution in [3.05, 3.63) is 35.9 Å². The molecule has 5 atom stereocenters. The van der Waals surface area contributed by atoms with Crippen LogP contribution in [0.2, 0.25) is 0 Å². The first-order valence-electron chi connectivity index (χ1n) is 10.9. The van der Waals surface area contributed by atoms with Gasteiger partial charge < -0.3 is 19.3 Å². The number of Topliss-reactive ketones (excluding diaryl/α,β-unsaturated/α-hetero) is 1. The van der Waals surface area contributed by atoms with Crippen molar-refractivity contribution in [1.82, 2.24) is 4.90 Å². The molecular formula is C24H37NO6. The fraction of sp³-hybridized carbons (Fsp3) is 0.667. The van der Waals surface area contributed by atoms with E-state index in [4.69, 9.17) is 14.2 Å². The summed E-state index contributed by atoms with van der Waals surface area (Å²) >= 11 is 0. The highest BCUT2D eigenvalue weighted by atomic mass is 16.6. The van der Waals surface area contributed by atoms with Crippen molar-refractivity contribution >= 4 is 11.9 Å². The zero-order valence-electron chi connectivity index (χ0n) is 19.5. The molecule has 1 fully saturated rings. The Morgan fingerprint density at radius 1 is 1.19 bits per heavy atom. The van der Waals surface area contributed by atoms with Crippen LogP contribution in [0.15, 0.2) is 30.3 Å². The maximum absolute atomic E-state index is 12.9. The second-order valence-electron chi connectivity index (χ2n) is 9.21. The van der Waals surface area contributed by atoms with E-state index in [1.54, 1.807) is 19.1 Å². The number of likely N-dealkylation sites (tertiary alicyclic amines) is 1. The Kier molecular flexibility index (Phi) is 9.03. The Bertz CT molecular complexity index is 717. The number of aliphatic hydroxyl groups excluding tert-OH is 1. The maximum atomic E-state index is 12.9. The molecule has 0 aliphatic carbocycles. The molecule has 7 nitrogen and oxygen atoms in total. The van der Waals surface area contributed by atoms with E-state index in [1.165, 1.54) is 0 Å². The summed E-state index contributed by atoms with van der Waals surface area (Å²) in [6, 6.07) is 8.97. The number of ketones is 1. The second-order valence-corrected chi connectivity index (χ2v) is 9.21. The van der Waals surface area contributed by atoms with Crippen molar-refractivity contribution in [1.29, 1.82) is 0 Å². The molecule has 2 rings (SSSR count). The average Bonchev–Trinajstić information content (AvgIpc) is 3.16. The highest BCUT2D eigenvalue weighted by Gasteiger charge is 2.44. The highest BCUT2D eigenvalue weighted by Crippen LogP contribution is 2.30. The Hall–Kier alpha value is -1.96. The number of carbonyl (C=O) groups excluding carboxylic acids is 2. The molecule has 0 radical (unpaired) electrons. The normalized spacial score (nSPS) is 22.1. The summed E-state index contributed by atoms with van der Waals surface area (Å²) in [5, 5.41) is 10.4. The maximum Gasteiger partial charge on any atom is 0.410 e. The second kappa shape index (κ2) is 11.1. The molecule has 1 heterocycles. The SMILES string of the molecule is CO[C@@H]1C[C@@H]([C@H](OC)[C@@H](C)C(=O)CCC(O)c2ccccc2)N(C(=O)OC(C)(C)C)C1. The topological polar surface area (TPSA) is 85.3 Å². The first kappa shape index (κ1) is 25.3. The largest absolute Gasteiger partial charge is 0.444 e. The van der Waals surface area contributed by atoms with Gasteiger partial charge in [0.15, 0.2) is 0 Å². The predicted octanol–water partition coefficient (Wildman–Crippen LogP) is 3.74. The van der Waals surface area contributed by atoms with Crippen LogP contribution in [0.4, 0.5) is 4.79 Å². The molecule has 1 saturated heterocycles. The van der Waals surface area contributed by atoms with Crippen LogP contribution in [0.5, 0.6) is 0 Å². The van der Waals surface area contributed by atoms with Gasteiger partial charge in [-0.15, -0.1) is 0 Å². The summed E-state index contributed by atoms with van der Waals surface area (Å²) in [5.74, 6) is -0.453. The van der Waals surface area contributed by atoms with Crippen LogP contribution in [0.25, 0.3) is 0 Å². The van der Waals surface area contributed by atoms with Crippen molar-refractivity contribution in [2.45, 2.75) is 76.9 Å². The van der Waals surface area contributed by atoms with E-state index in [9.17, 15) is 14.7 Å². The van der Waals surface area contributed by atoms with Gasteiger partial charge in [0.25, 0.3) is 0 Å². The number of carbonyl (C=O) groups is 2. The summed E-state index contributed by atoms with van der Waals surface area (Å²) in [6.45, 7) is 7.67. The molecular weight excluding hydrogens is 398 g/mol. The predicted molar refractivity (Wildman–Crippen MR) is 118 cm³/mol. The van der Waals surface area contributed by atoms with E-state index in [1.807, 2.05) is 58.0 Å². The van der Waals surface area contributed by atoms with Crippen LogP contribution in [0.3, 0.4) is 0 Å². The molecule has 0 spiro atoms. The minimum atomic E-state index is -0.694. The summed E-state index contributed by atoms with van der Waals surface area (Å²) in [6.07, 6.45) is -0.627. The van der Waals surface area contributed by atoms with Crippen LogP contribution in [0.1, 0.15) is 58.6 Å². The molecule has 0 saturated carbocycles. The van der Waals surface area contributed by atoms with Gasteiger partial charge in [-0.05, 0) is 39.2 Å². The third kappa shape index (κ3) is 7.02. The van der Waals surface area contributed by atoms with E-state index in [2.05, 4.69) is 0 Å². The minimum Gasteiger partial charge on any atom is -0.444 e. The number of benzene rings is 1. The van der Waals surface area contributed by atoms with Crippen molar-refractivity contribution in [3.63, 3.8) is 0 Å². The number of rotatable bonds is 9. The summed E-state index contributed by atoms with van der Waals surface area (Å²) in [4.78, 5) is 27.3. The monoisotopic (exact) mass is 435 g/mol. The zero-order valence-corrected chi connectivity index (χ0v) is 19.5. The molecule has 7 heteroatoms. The van der Waals surface area contributed by atoms with Gasteiger partial charge in [-0.25, -0.2) is 4.79 Å². The third-order valence-corrected chi connectivity index (χ3v) is 5.77. The summed E-state index contributed by atoms with van der Waals surface area (Å²) < 4.78 is 16.8. The average molecular weight is 436 g/mol. The fourth-order valence-corrected chi connectivity index (χ4v) is 4.06. The number of hydrogen-bond donors (Lipinski definition) is 1. The standard InChI is InChI=1S/C24H37NO6/c1-16(20(26)12-13-21(27)17-10-8-7-9-11-17)22(30-6)19-14-18(29-5)15-25(19)23(28)31-24(2,3)4/h7-11,16,18-19,21-22,27H,12-15H2,1-6H3/t16-,18+,19-,21?,22+/m0/s1. The molecule has 0 aromatic heterocycles. The van der Waals surface area contributed by atoms with Crippen LogP contribution in [0, 0.1) is 5.92 Å². The van der Waals surface area contributed by atoms with Gasteiger partial charge in [0.2, 0.25) is 0 Å². The molecule has 31 heavy (non-hydrogen) atoms. The van der Waals surface area contributed by atoms with Crippen molar-refractivity contribution in [2.24, 2.45) is 5.92 Å². The lowest BCUT2D eigenvalue weighted by atomic mass is 9.89. The van der Waals surface area contributed by atoms with E-state index < -0.39 is 29.8 Å². The van der Waals surface area contributed by atoms with E-state index in [0.29, 0.717) is 19.4 Å². The van der Waals surface area contributed by atoms with Crippen molar-refractivity contribution in [3.8, 4) is 0 Å². The van der Waals surface area contributed by atoms with Crippen LogP contribution in [-0.2, 0) is 19.0 Å². The third-order valence-electron chi connectivity index (χ3n) is 5.77. The Morgan fingerprint density at radius 3 is 2.39 bits per heavy atom. The summed E-state index contributed by atoms with van der Waals surface area (Å²) in [7, 11) is 3.17. The lowest BCUT2D eigenvalue weighted by Gasteiger charge is -2.34. The molecule has 1 unspecified atom stereocenters. The number of aliphatic hydroxyl groups is 1. The van der Waals surface area contributed by atoms with Crippen molar-refractivity contribution < 1.29 is 28.9 Å². The number of amides is 1. The van der Waals surface area contributed by atoms with Crippen molar-refractivity contribution in [2.75, 3.05) is 20.8 Å². The van der Waals surface area contributed by atoms with Gasteiger partial charge in [0.1, 0.15) is 11.4 Å². The number of methoxy groups -OCH3 is 2. The number of ether oxygens (including phenoxy) is 3. The van der Waals surface area contributed by atoms with Crippen LogP contribution >= 0.6 is 0 Å².